The van der Waals surface area contributed by atoms with E-state index in [0.717, 1.165) is 56.4 Å². The number of carbonyl (C=O) groups is 2. The van der Waals surface area contributed by atoms with Gasteiger partial charge < -0.3 is 24.8 Å². The molecule has 224 valence electrons. The Hall–Kier alpha value is -2.28. The fourth-order valence-electron chi connectivity index (χ4n) is 5.41. The molecule has 0 aliphatic rings. The third kappa shape index (κ3) is 11.0. The number of amides is 2. The first-order chi connectivity index (χ1) is 18.5. The molecule has 7 nitrogen and oxygen atoms in total. The Balaban J connectivity index is 2.71. The van der Waals surface area contributed by atoms with Crippen LogP contribution < -0.4 is 20.1 Å². The Bertz CT molecular complexity index is 845. The van der Waals surface area contributed by atoms with Crippen LogP contribution in [0.3, 0.4) is 0 Å². The molecule has 0 bridgehead atoms. The van der Waals surface area contributed by atoms with Crippen molar-refractivity contribution in [1.29, 1.82) is 0 Å². The lowest BCUT2D eigenvalue weighted by Gasteiger charge is -2.41. The van der Waals surface area contributed by atoms with E-state index in [0.29, 0.717) is 19.6 Å². The fraction of sp³-hybridized carbons (Fsp3) is 0.750. The number of aryl methyl sites for hydroxylation is 1. The molecule has 1 aromatic rings. The molecule has 1 rings (SSSR count). The molecule has 0 unspecified atom stereocenters. The van der Waals surface area contributed by atoms with Crippen LogP contribution in [0.2, 0.25) is 0 Å². The van der Waals surface area contributed by atoms with Crippen LogP contribution >= 0.6 is 0 Å². The van der Waals surface area contributed by atoms with Crippen LogP contribution in [0.5, 0.6) is 11.5 Å². The van der Waals surface area contributed by atoms with Gasteiger partial charge in [-0.05, 0) is 54.7 Å². The Labute approximate surface area is 238 Å². The van der Waals surface area contributed by atoms with E-state index in [1.807, 2.05) is 6.07 Å². The first-order valence-corrected chi connectivity index (χ1v) is 14.8. The topological polar surface area (TPSA) is 85.9 Å². The highest BCUT2D eigenvalue weighted by atomic mass is 16.5. The average molecular weight is 549 g/mol. The third-order valence-electron chi connectivity index (χ3n) is 8.07. The van der Waals surface area contributed by atoms with Gasteiger partial charge in [0.25, 0.3) is 0 Å². The van der Waals surface area contributed by atoms with Crippen molar-refractivity contribution in [3.05, 3.63) is 23.8 Å². The highest BCUT2D eigenvalue weighted by Gasteiger charge is 2.44. The second-order valence-electron chi connectivity index (χ2n) is 11.6. The van der Waals surface area contributed by atoms with Crippen LogP contribution in [0.15, 0.2) is 18.2 Å². The van der Waals surface area contributed by atoms with Crippen LogP contribution in [-0.4, -0.2) is 52.3 Å². The van der Waals surface area contributed by atoms with E-state index in [9.17, 15) is 9.59 Å². The van der Waals surface area contributed by atoms with Gasteiger partial charge in [-0.2, -0.15) is 0 Å². The molecular formula is C32H56N2O5. The molecule has 0 spiro atoms. The third-order valence-corrected chi connectivity index (χ3v) is 8.07. The predicted molar refractivity (Wildman–Crippen MR) is 159 cm³/mol. The van der Waals surface area contributed by atoms with Gasteiger partial charge in [-0.15, -0.1) is 0 Å². The maximum absolute atomic E-state index is 13.8. The van der Waals surface area contributed by atoms with Gasteiger partial charge in [-0.3, -0.25) is 9.59 Å². The van der Waals surface area contributed by atoms with Crippen LogP contribution in [0, 0.1) is 23.2 Å². The standard InChI is InChI=1S/C32H56N2O5/c1-23(2)27(22-30(35)33-7)34-31(36)32(24(3)4,25(5)6)18-13-11-10-12-15-26-16-17-28(38-9)29(21-26)39-20-14-19-37-8/h16-17,21,23-25,27H,10-15,18-20,22H2,1-9H3,(H,33,35)(H,34,36)/t27-/m1/s1. The summed E-state index contributed by atoms with van der Waals surface area (Å²) in [5.74, 6) is 2.16. The summed E-state index contributed by atoms with van der Waals surface area (Å²) in [6.45, 7) is 14.0. The minimum absolute atomic E-state index is 0.0460. The molecule has 0 saturated heterocycles. The summed E-state index contributed by atoms with van der Waals surface area (Å²) in [6, 6.07) is 6.00. The summed E-state index contributed by atoms with van der Waals surface area (Å²) >= 11 is 0. The molecule has 39 heavy (non-hydrogen) atoms. The first-order valence-electron chi connectivity index (χ1n) is 14.8. The summed E-state index contributed by atoms with van der Waals surface area (Å²) < 4.78 is 16.5. The Kier molecular flexibility index (Phi) is 16.2. The van der Waals surface area contributed by atoms with E-state index in [1.54, 1.807) is 21.3 Å². The van der Waals surface area contributed by atoms with Crippen LogP contribution in [0.4, 0.5) is 0 Å². The molecule has 0 fully saturated rings. The molecule has 1 aromatic carbocycles. The van der Waals surface area contributed by atoms with Gasteiger partial charge in [0.15, 0.2) is 11.5 Å². The van der Waals surface area contributed by atoms with Crippen molar-refractivity contribution in [2.24, 2.45) is 23.2 Å². The number of rotatable bonds is 20. The average Bonchev–Trinajstić information content (AvgIpc) is 2.89. The van der Waals surface area contributed by atoms with Crippen LogP contribution in [0.25, 0.3) is 0 Å². The van der Waals surface area contributed by atoms with E-state index < -0.39 is 5.41 Å². The molecule has 2 N–H and O–H groups in total. The maximum Gasteiger partial charge on any atom is 0.226 e. The molecule has 0 heterocycles. The number of nitrogens with one attached hydrogen (secondary N) is 2. The van der Waals surface area contributed by atoms with Crippen molar-refractivity contribution < 1.29 is 23.8 Å². The summed E-state index contributed by atoms with van der Waals surface area (Å²) in [5.41, 5.74) is 0.785. The molecule has 7 heteroatoms. The molecule has 2 amide bonds. The van der Waals surface area contributed by atoms with Gasteiger partial charge in [-0.25, -0.2) is 0 Å². The number of carbonyl (C=O) groups excluding carboxylic acids is 2. The Morgan fingerprint density at radius 2 is 1.54 bits per heavy atom. The van der Waals surface area contributed by atoms with Crippen molar-refractivity contribution >= 4 is 11.8 Å². The van der Waals surface area contributed by atoms with Gasteiger partial charge in [0.2, 0.25) is 11.8 Å². The van der Waals surface area contributed by atoms with Crippen LogP contribution in [-0.2, 0) is 20.7 Å². The minimum atomic E-state index is -0.457. The van der Waals surface area contributed by atoms with E-state index >= 15 is 0 Å². The number of unbranched alkanes of at least 4 members (excludes halogenated alkanes) is 3. The fourth-order valence-corrected chi connectivity index (χ4v) is 5.41. The molecule has 1 atom stereocenters. The molecule has 0 saturated carbocycles. The lowest BCUT2D eigenvalue weighted by Crippen LogP contribution is -2.53. The Morgan fingerprint density at radius 3 is 2.10 bits per heavy atom. The number of benzene rings is 1. The van der Waals surface area contributed by atoms with E-state index in [-0.39, 0.29) is 35.6 Å². The first kappa shape index (κ1) is 34.7. The molecule has 0 aliphatic carbocycles. The largest absolute Gasteiger partial charge is 0.493 e. The zero-order valence-corrected chi connectivity index (χ0v) is 26.2. The van der Waals surface area contributed by atoms with Crippen molar-refractivity contribution in [3.63, 3.8) is 0 Å². The molecule has 0 aliphatic heterocycles. The predicted octanol–water partition coefficient (Wildman–Crippen LogP) is 6.18. The summed E-state index contributed by atoms with van der Waals surface area (Å²) in [5, 5.41) is 5.95. The zero-order chi connectivity index (χ0) is 29.4. The molecule has 0 aromatic heterocycles. The van der Waals surface area contributed by atoms with Gasteiger partial charge in [0.05, 0.1) is 19.1 Å². The van der Waals surface area contributed by atoms with Crippen LogP contribution in [0.1, 0.15) is 92.1 Å². The monoisotopic (exact) mass is 548 g/mol. The number of ether oxygens (including phenoxy) is 3. The van der Waals surface area contributed by atoms with E-state index in [2.05, 4.69) is 64.3 Å². The number of methoxy groups -OCH3 is 2. The smallest absolute Gasteiger partial charge is 0.226 e. The summed E-state index contributed by atoms with van der Waals surface area (Å²) in [6.07, 6.45) is 7.24. The van der Waals surface area contributed by atoms with Crippen molar-refractivity contribution in [2.75, 3.05) is 34.5 Å². The van der Waals surface area contributed by atoms with Gasteiger partial charge in [0, 0.05) is 39.6 Å². The summed E-state index contributed by atoms with van der Waals surface area (Å²) in [7, 11) is 5.00. The summed E-state index contributed by atoms with van der Waals surface area (Å²) in [4.78, 5) is 25.8. The number of hydrogen-bond donors (Lipinski definition) is 2. The maximum atomic E-state index is 13.8. The van der Waals surface area contributed by atoms with Crippen molar-refractivity contribution in [2.45, 2.75) is 99.0 Å². The van der Waals surface area contributed by atoms with Gasteiger partial charge in [0.1, 0.15) is 0 Å². The quantitative estimate of drug-likeness (QED) is 0.190. The van der Waals surface area contributed by atoms with Crippen molar-refractivity contribution in [1.82, 2.24) is 10.6 Å². The van der Waals surface area contributed by atoms with E-state index in [1.165, 1.54) is 5.56 Å². The minimum Gasteiger partial charge on any atom is -0.493 e. The van der Waals surface area contributed by atoms with Gasteiger partial charge in [-0.1, -0.05) is 66.9 Å². The second-order valence-corrected chi connectivity index (χ2v) is 11.6. The highest BCUT2D eigenvalue weighted by Crippen LogP contribution is 2.41. The molecular weight excluding hydrogens is 492 g/mol. The van der Waals surface area contributed by atoms with E-state index in [4.69, 9.17) is 14.2 Å². The molecule has 0 radical (unpaired) electrons. The SMILES string of the molecule is CNC(=O)C[C@@H](NC(=O)C(CCCCCCc1ccc(OC)c(OCCCOC)c1)(C(C)C)C(C)C)C(C)C. The Morgan fingerprint density at radius 1 is 0.872 bits per heavy atom. The van der Waals surface area contributed by atoms with Crippen molar-refractivity contribution in [3.8, 4) is 11.5 Å². The normalized spacial score (nSPS) is 12.6. The number of hydrogen-bond acceptors (Lipinski definition) is 5. The highest BCUT2D eigenvalue weighted by molar-refractivity contribution is 5.84. The van der Waals surface area contributed by atoms with Gasteiger partial charge >= 0.3 is 0 Å². The zero-order valence-electron chi connectivity index (χ0n) is 26.2. The second kappa shape index (κ2) is 18.1. The lowest BCUT2D eigenvalue weighted by atomic mass is 9.65. The lowest BCUT2D eigenvalue weighted by molar-refractivity contribution is -0.139.